The molecule has 0 bridgehead atoms. The van der Waals surface area contributed by atoms with Crippen LogP contribution in [0.2, 0.25) is 0 Å². The van der Waals surface area contributed by atoms with Crippen LogP contribution in [0, 0.1) is 11.5 Å². The number of carbonyl (C=O) groups is 1. The van der Waals surface area contributed by atoms with Crippen molar-refractivity contribution in [3.8, 4) is 12.0 Å². The second-order valence-corrected chi connectivity index (χ2v) is 2.47. The van der Waals surface area contributed by atoms with Gasteiger partial charge in [0.15, 0.2) is 11.5 Å². The Labute approximate surface area is 75.5 Å². The molecule has 2 N–H and O–H groups in total. The Morgan fingerprint density at radius 3 is 2.85 bits per heavy atom. The number of hydrogen-bond donors (Lipinski definition) is 1. The van der Waals surface area contributed by atoms with Crippen LogP contribution in [0.25, 0.3) is 0 Å². The maximum atomic E-state index is 11.0. The summed E-state index contributed by atoms with van der Waals surface area (Å²) in [6, 6.07) is 4.73. The van der Waals surface area contributed by atoms with Crippen LogP contribution in [0.1, 0.15) is 17.3 Å². The van der Waals surface area contributed by atoms with Gasteiger partial charge in [-0.2, -0.15) is 0 Å². The number of para-hydroxylation sites is 1. The Morgan fingerprint density at radius 1 is 1.62 bits per heavy atom. The lowest BCUT2D eigenvalue weighted by molar-refractivity contribution is 0.101. The van der Waals surface area contributed by atoms with Gasteiger partial charge in [0.1, 0.15) is 0 Å². The van der Waals surface area contributed by atoms with Gasteiger partial charge in [-0.3, -0.25) is 4.79 Å². The molecule has 0 aliphatic carbocycles. The second kappa shape index (κ2) is 3.59. The molecule has 0 aliphatic heterocycles. The highest BCUT2D eigenvalue weighted by molar-refractivity contribution is 6.00. The number of nitrogens with zero attached hydrogens (tertiary/aromatic N) is 1. The highest BCUT2D eigenvalue weighted by Crippen LogP contribution is 2.24. The Morgan fingerprint density at radius 2 is 2.31 bits per heavy atom. The summed E-state index contributed by atoms with van der Waals surface area (Å²) in [5, 5.41) is 8.26. The van der Waals surface area contributed by atoms with Crippen molar-refractivity contribution in [2.24, 2.45) is 0 Å². The van der Waals surface area contributed by atoms with Crippen LogP contribution in [-0.2, 0) is 0 Å². The van der Waals surface area contributed by atoms with Crippen LogP contribution in [0.5, 0.6) is 5.75 Å². The third-order valence-corrected chi connectivity index (χ3v) is 1.60. The fourth-order valence-electron chi connectivity index (χ4n) is 0.989. The van der Waals surface area contributed by atoms with Crippen molar-refractivity contribution in [3.63, 3.8) is 0 Å². The van der Waals surface area contributed by atoms with Crippen LogP contribution >= 0.6 is 0 Å². The maximum absolute atomic E-state index is 11.0. The number of rotatable bonds is 2. The molecule has 4 nitrogen and oxygen atoms in total. The molecule has 1 aromatic carbocycles. The molecule has 4 heteroatoms. The predicted octanol–water partition coefficient (Wildman–Crippen LogP) is 1.33. The van der Waals surface area contributed by atoms with Gasteiger partial charge in [0, 0.05) is 5.56 Å². The summed E-state index contributed by atoms with van der Waals surface area (Å²) in [7, 11) is 0. The molecule has 0 heterocycles. The smallest absolute Gasteiger partial charge is 0.292 e. The molecule has 0 saturated heterocycles. The average molecular weight is 176 g/mol. The minimum atomic E-state index is -0.152. The number of nitriles is 1. The van der Waals surface area contributed by atoms with Gasteiger partial charge < -0.3 is 10.5 Å². The molecule has 0 saturated carbocycles. The number of ether oxygens (including phenoxy) is 1. The van der Waals surface area contributed by atoms with Gasteiger partial charge in [-0.05, 0) is 19.1 Å². The SMILES string of the molecule is CC(=O)c1cccc(OC#N)c1N. The van der Waals surface area contributed by atoms with E-state index in [1.165, 1.54) is 19.2 Å². The van der Waals surface area contributed by atoms with Crippen LogP contribution in [-0.4, -0.2) is 5.78 Å². The molecule has 0 aliphatic rings. The lowest BCUT2D eigenvalue weighted by atomic mass is 10.1. The van der Waals surface area contributed by atoms with E-state index < -0.39 is 0 Å². The minimum Gasteiger partial charge on any atom is -0.395 e. The van der Waals surface area contributed by atoms with E-state index >= 15 is 0 Å². The van der Waals surface area contributed by atoms with Crippen molar-refractivity contribution in [3.05, 3.63) is 23.8 Å². The molecule has 0 atom stereocenters. The van der Waals surface area contributed by atoms with Gasteiger partial charge in [-0.1, -0.05) is 6.07 Å². The van der Waals surface area contributed by atoms with Crippen molar-refractivity contribution in [2.75, 3.05) is 5.73 Å². The fraction of sp³-hybridized carbons (Fsp3) is 0.111. The molecule has 0 fully saturated rings. The first kappa shape index (κ1) is 9.07. The van der Waals surface area contributed by atoms with Gasteiger partial charge in [-0.25, -0.2) is 0 Å². The van der Waals surface area contributed by atoms with Gasteiger partial charge >= 0.3 is 0 Å². The second-order valence-electron chi connectivity index (χ2n) is 2.47. The van der Waals surface area contributed by atoms with Crippen molar-refractivity contribution in [1.82, 2.24) is 0 Å². The summed E-state index contributed by atoms with van der Waals surface area (Å²) in [4.78, 5) is 11.0. The highest BCUT2D eigenvalue weighted by atomic mass is 16.5. The minimum absolute atomic E-state index is 0.152. The maximum Gasteiger partial charge on any atom is 0.292 e. The van der Waals surface area contributed by atoms with Gasteiger partial charge in [0.05, 0.1) is 5.69 Å². The van der Waals surface area contributed by atoms with E-state index in [1.54, 1.807) is 12.1 Å². The van der Waals surface area contributed by atoms with Crippen molar-refractivity contribution in [2.45, 2.75) is 6.92 Å². The van der Waals surface area contributed by atoms with Gasteiger partial charge in [0.2, 0.25) is 0 Å². The molecule has 0 unspecified atom stereocenters. The van der Waals surface area contributed by atoms with Gasteiger partial charge in [0.25, 0.3) is 6.26 Å². The number of anilines is 1. The Bertz CT molecular complexity index is 380. The van der Waals surface area contributed by atoms with E-state index in [0.29, 0.717) is 5.56 Å². The number of nitrogens with two attached hydrogens (primary N) is 1. The normalized spacial score (nSPS) is 8.92. The zero-order chi connectivity index (χ0) is 9.84. The molecule has 0 spiro atoms. The first-order valence-electron chi connectivity index (χ1n) is 3.62. The Balaban J connectivity index is 3.20. The highest BCUT2D eigenvalue weighted by Gasteiger charge is 2.08. The van der Waals surface area contributed by atoms with Crippen molar-refractivity contribution < 1.29 is 9.53 Å². The molecule has 0 aromatic heterocycles. The standard InChI is InChI=1S/C9H8N2O2/c1-6(12)7-3-2-4-8(9(7)11)13-5-10/h2-4H,11H2,1H3. The molecule has 0 amide bonds. The summed E-state index contributed by atoms with van der Waals surface area (Å²) in [5.74, 6) is 0.0658. The van der Waals surface area contributed by atoms with E-state index in [0.717, 1.165) is 0 Å². The van der Waals surface area contributed by atoms with E-state index in [4.69, 9.17) is 11.0 Å². The quantitative estimate of drug-likeness (QED) is 0.419. The van der Waals surface area contributed by atoms with E-state index in [2.05, 4.69) is 4.74 Å². The average Bonchev–Trinajstić information content (AvgIpc) is 2.08. The predicted molar refractivity (Wildman–Crippen MR) is 47.1 cm³/mol. The first-order chi connectivity index (χ1) is 6.16. The summed E-state index contributed by atoms with van der Waals surface area (Å²) >= 11 is 0. The molecule has 0 radical (unpaired) electrons. The number of Topliss-reactive ketones (excluding diaryl/α,β-unsaturated/α-hetero) is 1. The van der Waals surface area contributed by atoms with Crippen LogP contribution in [0.4, 0.5) is 5.69 Å². The number of nitrogen functional groups attached to an aromatic ring is 1. The molecule has 1 aromatic rings. The lowest BCUT2D eigenvalue weighted by Crippen LogP contribution is -2.01. The van der Waals surface area contributed by atoms with Crippen LogP contribution < -0.4 is 10.5 Å². The number of hydrogen-bond acceptors (Lipinski definition) is 4. The Kier molecular flexibility index (Phi) is 2.50. The fourth-order valence-corrected chi connectivity index (χ4v) is 0.989. The zero-order valence-electron chi connectivity index (χ0n) is 7.07. The third-order valence-electron chi connectivity index (χ3n) is 1.60. The van der Waals surface area contributed by atoms with E-state index in [1.807, 2.05) is 0 Å². The first-order valence-corrected chi connectivity index (χ1v) is 3.62. The number of benzene rings is 1. The summed E-state index contributed by atoms with van der Waals surface area (Å²) in [5.41, 5.74) is 6.15. The number of carbonyl (C=O) groups excluding carboxylic acids is 1. The largest absolute Gasteiger partial charge is 0.395 e. The zero-order valence-corrected chi connectivity index (χ0v) is 7.07. The topological polar surface area (TPSA) is 76.1 Å². The molecule has 66 valence electrons. The van der Waals surface area contributed by atoms with Crippen molar-refractivity contribution >= 4 is 11.5 Å². The third kappa shape index (κ3) is 1.76. The monoisotopic (exact) mass is 176 g/mol. The molecule has 13 heavy (non-hydrogen) atoms. The summed E-state index contributed by atoms with van der Waals surface area (Å²) < 4.78 is 4.56. The Hall–Kier alpha value is -2.02. The molecule has 1 rings (SSSR count). The van der Waals surface area contributed by atoms with Crippen LogP contribution in [0.15, 0.2) is 18.2 Å². The van der Waals surface area contributed by atoms with E-state index in [-0.39, 0.29) is 17.2 Å². The van der Waals surface area contributed by atoms with Crippen molar-refractivity contribution in [1.29, 1.82) is 5.26 Å². The number of ketones is 1. The van der Waals surface area contributed by atoms with E-state index in [9.17, 15) is 4.79 Å². The lowest BCUT2D eigenvalue weighted by Gasteiger charge is -2.04. The van der Waals surface area contributed by atoms with Gasteiger partial charge in [-0.15, -0.1) is 5.26 Å². The molecular weight excluding hydrogens is 168 g/mol. The summed E-state index contributed by atoms with van der Waals surface area (Å²) in [6.07, 6.45) is 1.50. The molecular formula is C9H8N2O2. The van der Waals surface area contributed by atoms with Crippen LogP contribution in [0.3, 0.4) is 0 Å². The summed E-state index contributed by atoms with van der Waals surface area (Å²) in [6.45, 7) is 1.40.